The highest BCUT2D eigenvalue weighted by atomic mass is 15.5. The summed E-state index contributed by atoms with van der Waals surface area (Å²) in [5.41, 5.74) is 3.27. The van der Waals surface area contributed by atoms with E-state index in [1.807, 2.05) is 0 Å². The van der Waals surface area contributed by atoms with Gasteiger partial charge in [0.25, 0.3) is 0 Å². The Balaban J connectivity index is 3.16. The molecule has 0 bridgehead atoms. The van der Waals surface area contributed by atoms with E-state index >= 15 is 0 Å². The summed E-state index contributed by atoms with van der Waals surface area (Å²) < 4.78 is 0. The highest BCUT2D eigenvalue weighted by Gasteiger charge is 1.98. The molecule has 0 aromatic rings. The van der Waals surface area contributed by atoms with Crippen LogP contribution in [0.3, 0.4) is 0 Å². The molecule has 0 saturated carbocycles. The zero-order valence-corrected chi connectivity index (χ0v) is 6.94. The maximum absolute atomic E-state index is 3.27. The third-order valence-electron chi connectivity index (χ3n) is 1.39. The van der Waals surface area contributed by atoms with Gasteiger partial charge >= 0.3 is 0 Å². The van der Waals surface area contributed by atoms with Crippen molar-refractivity contribution in [3.8, 4) is 0 Å². The van der Waals surface area contributed by atoms with E-state index in [0.717, 1.165) is 6.54 Å². The lowest BCUT2D eigenvalue weighted by molar-refractivity contribution is 0.187. The Morgan fingerprint density at radius 1 is 1.44 bits per heavy atom. The molecule has 0 radical (unpaired) electrons. The highest BCUT2D eigenvalue weighted by Crippen LogP contribution is 1.86. The van der Waals surface area contributed by atoms with Crippen molar-refractivity contribution in [2.24, 2.45) is 0 Å². The van der Waals surface area contributed by atoms with Crippen molar-refractivity contribution in [3.63, 3.8) is 0 Å². The van der Waals surface area contributed by atoms with Crippen LogP contribution >= 0.6 is 0 Å². The molecule has 1 N–H and O–H groups in total. The Morgan fingerprint density at radius 3 is 2.33 bits per heavy atom. The first-order valence-corrected chi connectivity index (χ1v) is 3.64. The lowest BCUT2D eigenvalue weighted by atomic mass is 10.4. The molecular formula is C7H18N2. The fourth-order valence-corrected chi connectivity index (χ4v) is 0.471. The summed E-state index contributed by atoms with van der Waals surface area (Å²) >= 11 is 0. The standard InChI is InChI=1S/C7H18N2/c1-5-6-8-9(4)7(2)3/h7-8H,5-6H2,1-4H3. The van der Waals surface area contributed by atoms with E-state index in [-0.39, 0.29) is 0 Å². The Bertz CT molecular complexity index is 61.9. The number of nitrogens with zero attached hydrogens (tertiary/aromatic N) is 1. The summed E-state index contributed by atoms with van der Waals surface area (Å²) in [5.74, 6) is 0. The summed E-state index contributed by atoms with van der Waals surface area (Å²) in [6.07, 6.45) is 1.19. The van der Waals surface area contributed by atoms with Crippen LogP contribution in [-0.4, -0.2) is 24.6 Å². The number of hydrazine groups is 1. The van der Waals surface area contributed by atoms with E-state index in [0.29, 0.717) is 6.04 Å². The molecule has 0 amide bonds. The molecule has 0 aliphatic heterocycles. The Morgan fingerprint density at radius 2 is 2.00 bits per heavy atom. The van der Waals surface area contributed by atoms with Gasteiger partial charge in [-0.3, -0.25) is 5.43 Å². The number of rotatable bonds is 4. The maximum Gasteiger partial charge on any atom is 0.0183 e. The SMILES string of the molecule is CCCNN(C)C(C)C. The number of nitrogens with one attached hydrogen (secondary N) is 1. The van der Waals surface area contributed by atoms with Gasteiger partial charge in [-0.25, -0.2) is 5.01 Å². The van der Waals surface area contributed by atoms with Crippen molar-refractivity contribution in [3.05, 3.63) is 0 Å². The molecule has 0 heterocycles. The molecule has 0 unspecified atom stereocenters. The Labute approximate surface area is 58.2 Å². The Hall–Kier alpha value is -0.0800. The van der Waals surface area contributed by atoms with Crippen LogP contribution in [0.25, 0.3) is 0 Å². The topological polar surface area (TPSA) is 15.3 Å². The second-order valence-corrected chi connectivity index (χ2v) is 2.61. The average Bonchev–Trinajstić information content (AvgIpc) is 1.82. The predicted molar refractivity (Wildman–Crippen MR) is 41.2 cm³/mol. The lowest BCUT2D eigenvalue weighted by Crippen LogP contribution is -2.39. The molecule has 0 rings (SSSR count). The first kappa shape index (κ1) is 8.92. The van der Waals surface area contributed by atoms with Crippen LogP contribution in [0.5, 0.6) is 0 Å². The smallest absolute Gasteiger partial charge is 0.0183 e. The predicted octanol–water partition coefficient (Wildman–Crippen LogP) is 1.24. The van der Waals surface area contributed by atoms with Crippen LogP contribution in [0, 0.1) is 0 Å². The van der Waals surface area contributed by atoms with Gasteiger partial charge in [0.05, 0.1) is 0 Å². The van der Waals surface area contributed by atoms with Crippen LogP contribution in [0.2, 0.25) is 0 Å². The second-order valence-electron chi connectivity index (χ2n) is 2.61. The van der Waals surface area contributed by atoms with Crippen LogP contribution in [0.15, 0.2) is 0 Å². The Kier molecular flexibility index (Phi) is 4.72. The normalized spacial score (nSPS) is 11.3. The van der Waals surface area contributed by atoms with Crippen LogP contribution in [-0.2, 0) is 0 Å². The van der Waals surface area contributed by atoms with Gasteiger partial charge in [-0.1, -0.05) is 6.92 Å². The summed E-state index contributed by atoms with van der Waals surface area (Å²) in [4.78, 5) is 0. The van der Waals surface area contributed by atoms with Gasteiger partial charge in [0.1, 0.15) is 0 Å². The first-order valence-electron chi connectivity index (χ1n) is 3.64. The minimum Gasteiger partial charge on any atom is -0.255 e. The molecule has 9 heavy (non-hydrogen) atoms. The van der Waals surface area contributed by atoms with Crippen molar-refractivity contribution in [2.75, 3.05) is 13.6 Å². The van der Waals surface area contributed by atoms with Crippen molar-refractivity contribution in [1.82, 2.24) is 10.4 Å². The quantitative estimate of drug-likeness (QED) is 0.576. The van der Waals surface area contributed by atoms with Crippen LogP contribution < -0.4 is 5.43 Å². The number of hydrogen-bond acceptors (Lipinski definition) is 2. The summed E-state index contributed by atoms with van der Waals surface area (Å²) in [5, 5.41) is 2.13. The van der Waals surface area contributed by atoms with Crippen LogP contribution in [0.4, 0.5) is 0 Å². The molecule has 0 aliphatic rings. The third-order valence-corrected chi connectivity index (χ3v) is 1.39. The van der Waals surface area contributed by atoms with Gasteiger partial charge in [-0.15, -0.1) is 0 Å². The molecule has 0 aliphatic carbocycles. The molecule has 0 fully saturated rings. The third kappa shape index (κ3) is 4.43. The van der Waals surface area contributed by atoms with Crippen molar-refractivity contribution >= 4 is 0 Å². The zero-order chi connectivity index (χ0) is 7.28. The first-order chi connectivity index (χ1) is 4.18. The monoisotopic (exact) mass is 130 g/mol. The summed E-state index contributed by atoms with van der Waals surface area (Å²) in [6.45, 7) is 7.58. The maximum atomic E-state index is 3.27. The van der Waals surface area contributed by atoms with E-state index in [4.69, 9.17) is 0 Å². The zero-order valence-electron chi connectivity index (χ0n) is 6.94. The molecular weight excluding hydrogens is 112 g/mol. The van der Waals surface area contributed by atoms with Gasteiger partial charge in [0.2, 0.25) is 0 Å². The summed E-state index contributed by atoms with van der Waals surface area (Å²) in [6, 6.07) is 0.594. The van der Waals surface area contributed by atoms with Crippen molar-refractivity contribution in [1.29, 1.82) is 0 Å². The molecule has 0 aromatic heterocycles. The van der Waals surface area contributed by atoms with Crippen LogP contribution in [0.1, 0.15) is 27.2 Å². The molecule has 56 valence electrons. The minimum atomic E-state index is 0.594. The summed E-state index contributed by atoms with van der Waals surface area (Å²) in [7, 11) is 2.07. The fourth-order valence-electron chi connectivity index (χ4n) is 0.471. The van der Waals surface area contributed by atoms with Gasteiger partial charge in [-0.2, -0.15) is 0 Å². The van der Waals surface area contributed by atoms with Gasteiger partial charge in [-0.05, 0) is 20.3 Å². The molecule has 0 atom stereocenters. The van der Waals surface area contributed by atoms with E-state index in [1.165, 1.54) is 6.42 Å². The molecule has 2 heteroatoms. The van der Waals surface area contributed by atoms with Gasteiger partial charge in [0.15, 0.2) is 0 Å². The number of hydrogen-bond donors (Lipinski definition) is 1. The van der Waals surface area contributed by atoms with Crippen molar-refractivity contribution in [2.45, 2.75) is 33.2 Å². The highest BCUT2D eigenvalue weighted by molar-refractivity contribution is 4.49. The largest absolute Gasteiger partial charge is 0.255 e. The average molecular weight is 130 g/mol. The van der Waals surface area contributed by atoms with Crippen molar-refractivity contribution < 1.29 is 0 Å². The molecule has 0 spiro atoms. The molecule has 0 aromatic carbocycles. The van der Waals surface area contributed by atoms with E-state index < -0.39 is 0 Å². The van der Waals surface area contributed by atoms with E-state index in [1.54, 1.807) is 0 Å². The lowest BCUT2D eigenvalue weighted by Gasteiger charge is -2.21. The molecule has 2 nitrogen and oxygen atoms in total. The fraction of sp³-hybridized carbons (Fsp3) is 1.00. The van der Waals surface area contributed by atoms with Gasteiger partial charge < -0.3 is 0 Å². The second kappa shape index (κ2) is 4.77. The van der Waals surface area contributed by atoms with Gasteiger partial charge in [0, 0.05) is 19.6 Å². The minimum absolute atomic E-state index is 0.594. The van der Waals surface area contributed by atoms with E-state index in [2.05, 4.69) is 38.3 Å². The van der Waals surface area contributed by atoms with E-state index in [9.17, 15) is 0 Å². The molecule has 0 saturated heterocycles.